The first-order valence-corrected chi connectivity index (χ1v) is 8.73. The second kappa shape index (κ2) is 8.64. The topological polar surface area (TPSA) is 101 Å². The van der Waals surface area contributed by atoms with Crippen molar-refractivity contribution in [1.82, 2.24) is 5.32 Å². The number of hydrogen-bond acceptors (Lipinski definition) is 4. The van der Waals surface area contributed by atoms with E-state index in [0.717, 1.165) is 6.07 Å². The highest BCUT2D eigenvalue weighted by Crippen LogP contribution is 2.24. The van der Waals surface area contributed by atoms with Gasteiger partial charge in [0.25, 0.3) is 17.5 Å². The summed E-state index contributed by atoms with van der Waals surface area (Å²) in [6.45, 7) is 5.89. The quantitative estimate of drug-likeness (QED) is 0.568. The van der Waals surface area contributed by atoms with E-state index < -0.39 is 10.8 Å². The minimum absolute atomic E-state index is 0.0367. The van der Waals surface area contributed by atoms with E-state index in [1.54, 1.807) is 24.3 Å². The highest BCUT2D eigenvalue weighted by atomic mass is 35.5. The van der Waals surface area contributed by atoms with Crippen molar-refractivity contribution >= 4 is 34.8 Å². The first-order chi connectivity index (χ1) is 12.7. The number of nitro groups is 1. The number of carbonyl (C=O) groups excluding carboxylic acids is 2. The van der Waals surface area contributed by atoms with Gasteiger partial charge in [-0.2, -0.15) is 0 Å². The molecule has 2 rings (SSSR count). The highest BCUT2D eigenvalue weighted by molar-refractivity contribution is 6.34. The van der Waals surface area contributed by atoms with Gasteiger partial charge < -0.3 is 10.6 Å². The summed E-state index contributed by atoms with van der Waals surface area (Å²) in [5, 5.41) is 16.3. The number of halogens is 1. The summed E-state index contributed by atoms with van der Waals surface area (Å²) in [7, 11) is 0. The maximum Gasteiger partial charge on any atom is 0.270 e. The molecule has 0 aliphatic carbocycles. The number of amides is 2. The van der Waals surface area contributed by atoms with Crippen molar-refractivity contribution in [1.29, 1.82) is 0 Å². The maximum absolute atomic E-state index is 12.5. The molecule has 0 aliphatic rings. The van der Waals surface area contributed by atoms with Crippen molar-refractivity contribution in [3.63, 3.8) is 0 Å². The molecule has 0 aliphatic heterocycles. The number of non-ortho nitro benzene ring substituents is 1. The fraction of sp³-hybridized carbons (Fsp3) is 0.263. The molecule has 2 amide bonds. The zero-order chi connectivity index (χ0) is 20.1. The van der Waals surface area contributed by atoms with Gasteiger partial charge in [-0.05, 0) is 31.0 Å². The van der Waals surface area contributed by atoms with Gasteiger partial charge in [-0.3, -0.25) is 19.7 Å². The summed E-state index contributed by atoms with van der Waals surface area (Å²) < 4.78 is 0. The van der Waals surface area contributed by atoms with Gasteiger partial charge >= 0.3 is 0 Å². The third-order valence-corrected chi connectivity index (χ3v) is 4.50. The highest BCUT2D eigenvalue weighted by Gasteiger charge is 2.19. The van der Waals surface area contributed by atoms with Crippen molar-refractivity contribution < 1.29 is 14.5 Å². The molecule has 142 valence electrons. The van der Waals surface area contributed by atoms with Crippen LogP contribution in [0.2, 0.25) is 5.02 Å². The minimum atomic E-state index is -0.594. The summed E-state index contributed by atoms with van der Waals surface area (Å²) in [4.78, 5) is 35.2. The monoisotopic (exact) mass is 389 g/mol. The molecule has 0 bridgehead atoms. The number of benzene rings is 2. The minimum Gasteiger partial charge on any atom is -0.349 e. The van der Waals surface area contributed by atoms with Crippen LogP contribution in [0.1, 0.15) is 41.5 Å². The van der Waals surface area contributed by atoms with Gasteiger partial charge in [-0.25, -0.2) is 0 Å². The maximum atomic E-state index is 12.5. The Bertz CT molecular complexity index is 883. The van der Waals surface area contributed by atoms with Crippen molar-refractivity contribution in [2.24, 2.45) is 5.92 Å². The van der Waals surface area contributed by atoms with Gasteiger partial charge in [0, 0.05) is 18.2 Å². The number of nitro benzene ring substituents is 1. The molecule has 0 heterocycles. The Balaban J connectivity index is 2.24. The Morgan fingerprint density at radius 1 is 1.04 bits per heavy atom. The van der Waals surface area contributed by atoms with Crippen LogP contribution in [0.3, 0.4) is 0 Å². The van der Waals surface area contributed by atoms with Gasteiger partial charge in [0.15, 0.2) is 0 Å². The average molecular weight is 390 g/mol. The molecular formula is C19H20ClN3O4. The molecule has 2 N–H and O–H groups in total. The summed E-state index contributed by atoms with van der Waals surface area (Å²) >= 11 is 6.00. The first kappa shape index (κ1) is 20.4. The number of nitrogens with zero attached hydrogens (tertiary/aromatic N) is 1. The molecule has 27 heavy (non-hydrogen) atoms. The van der Waals surface area contributed by atoms with Crippen LogP contribution in [0.25, 0.3) is 0 Å². The number of anilines is 1. The summed E-state index contributed by atoms with van der Waals surface area (Å²) in [6, 6.07) is 10.1. The van der Waals surface area contributed by atoms with E-state index in [2.05, 4.69) is 10.6 Å². The van der Waals surface area contributed by atoms with Crippen LogP contribution >= 0.6 is 11.6 Å². The zero-order valence-electron chi connectivity index (χ0n) is 15.2. The summed E-state index contributed by atoms with van der Waals surface area (Å²) in [6.07, 6.45) is 0. The summed E-state index contributed by atoms with van der Waals surface area (Å²) in [5.41, 5.74) is 0.508. The van der Waals surface area contributed by atoms with Crippen LogP contribution in [0.4, 0.5) is 11.4 Å². The fourth-order valence-electron chi connectivity index (χ4n) is 2.23. The van der Waals surface area contributed by atoms with E-state index in [9.17, 15) is 19.7 Å². The predicted molar refractivity (Wildman–Crippen MR) is 104 cm³/mol. The van der Waals surface area contributed by atoms with Crippen molar-refractivity contribution in [2.45, 2.75) is 26.8 Å². The standard InChI is InChI=1S/C19H20ClN3O4/c1-11(2)12(3)21-19(25)15-6-4-5-7-17(15)22-18(24)14-9-8-13(23(26)27)10-16(14)20/h4-12H,1-3H3,(H,21,25)(H,22,24). The van der Waals surface area contributed by atoms with Gasteiger partial charge in [-0.1, -0.05) is 37.6 Å². The lowest BCUT2D eigenvalue weighted by atomic mass is 10.1. The van der Waals surface area contributed by atoms with E-state index in [-0.39, 0.29) is 34.1 Å². The Morgan fingerprint density at radius 3 is 2.30 bits per heavy atom. The van der Waals surface area contributed by atoms with E-state index in [1.165, 1.54) is 12.1 Å². The number of rotatable bonds is 6. The molecule has 0 aromatic heterocycles. The molecule has 0 fully saturated rings. The molecule has 0 spiro atoms. The van der Waals surface area contributed by atoms with Crippen LogP contribution in [0.15, 0.2) is 42.5 Å². The summed E-state index contributed by atoms with van der Waals surface area (Å²) in [5.74, 6) is -0.608. The van der Waals surface area contributed by atoms with Crippen LogP contribution in [0.5, 0.6) is 0 Å². The Kier molecular flexibility index (Phi) is 6.52. The zero-order valence-corrected chi connectivity index (χ0v) is 15.9. The molecule has 0 saturated heterocycles. The predicted octanol–water partition coefficient (Wildman–Crippen LogP) is 4.27. The Hall–Kier alpha value is -2.93. The van der Waals surface area contributed by atoms with E-state index >= 15 is 0 Å². The van der Waals surface area contributed by atoms with Crippen LogP contribution in [0, 0.1) is 16.0 Å². The number of hydrogen-bond donors (Lipinski definition) is 2. The normalized spacial score (nSPS) is 11.7. The van der Waals surface area contributed by atoms with E-state index in [0.29, 0.717) is 11.3 Å². The van der Waals surface area contributed by atoms with Crippen molar-refractivity contribution in [3.8, 4) is 0 Å². The molecule has 1 atom stereocenters. The molecule has 2 aromatic carbocycles. The average Bonchev–Trinajstić information content (AvgIpc) is 2.61. The van der Waals surface area contributed by atoms with Crippen LogP contribution in [-0.4, -0.2) is 22.8 Å². The van der Waals surface area contributed by atoms with Gasteiger partial charge in [0.05, 0.1) is 26.8 Å². The van der Waals surface area contributed by atoms with Gasteiger partial charge in [0.1, 0.15) is 0 Å². The van der Waals surface area contributed by atoms with E-state index in [4.69, 9.17) is 11.6 Å². The molecular weight excluding hydrogens is 370 g/mol. The molecule has 7 nitrogen and oxygen atoms in total. The number of para-hydroxylation sites is 1. The molecule has 8 heteroatoms. The van der Waals surface area contributed by atoms with Crippen molar-refractivity contribution in [3.05, 3.63) is 68.7 Å². The fourth-order valence-corrected chi connectivity index (χ4v) is 2.49. The largest absolute Gasteiger partial charge is 0.349 e. The second-order valence-electron chi connectivity index (χ2n) is 6.43. The smallest absolute Gasteiger partial charge is 0.270 e. The third kappa shape index (κ3) is 5.04. The third-order valence-electron chi connectivity index (χ3n) is 4.19. The molecule has 2 aromatic rings. The lowest BCUT2D eigenvalue weighted by molar-refractivity contribution is -0.384. The number of carbonyl (C=O) groups is 2. The van der Waals surface area contributed by atoms with Gasteiger partial charge in [0.2, 0.25) is 0 Å². The van der Waals surface area contributed by atoms with E-state index in [1.807, 2.05) is 20.8 Å². The first-order valence-electron chi connectivity index (χ1n) is 8.36. The number of nitrogens with one attached hydrogen (secondary N) is 2. The Labute approximate surface area is 161 Å². The SMILES string of the molecule is CC(C)C(C)NC(=O)c1ccccc1NC(=O)c1ccc([N+](=O)[O-])cc1Cl. The Morgan fingerprint density at radius 2 is 1.70 bits per heavy atom. The van der Waals surface area contributed by atoms with Crippen molar-refractivity contribution in [2.75, 3.05) is 5.32 Å². The van der Waals surface area contributed by atoms with Crippen LogP contribution < -0.4 is 10.6 Å². The van der Waals surface area contributed by atoms with Gasteiger partial charge in [-0.15, -0.1) is 0 Å². The van der Waals surface area contributed by atoms with Crippen LogP contribution in [-0.2, 0) is 0 Å². The molecule has 1 unspecified atom stereocenters. The molecule has 0 radical (unpaired) electrons. The lowest BCUT2D eigenvalue weighted by Gasteiger charge is -2.19. The second-order valence-corrected chi connectivity index (χ2v) is 6.83. The lowest BCUT2D eigenvalue weighted by Crippen LogP contribution is -2.36. The molecule has 0 saturated carbocycles.